The van der Waals surface area contributed by atoms with E-state index in [0.29, 0.717) is 5.76 Å². The van der Waals surface area contributed by atoms with Crippen molar-refractivity contribution in [3.8, 4) is 0 Å². The van der Waals surface area contributed by atoms with Gasteiger partial charge in [-0.05, 0) is 32.1 Å². The molecule has 0 aromatic heterocycles. The molecule has 0 spiro atoms. The topological polar surface area (TPSA) is 83.1 Å². The first kappa shape index (κ1) is 17.8. The van der Waals surface area contributed by atoms with Crippen molar-refractivity contribution < 1.29 is 27.9 Å². The van der Waals surface area contributed by atoms with E-state index in [4.69, 9.17) is 18.5 Å². The van der Waals surface area contributed by atoms with Crippen molar-refractivity contribution in [2.45, 2.75) is 26.0 Å². The summed E-state index contributed by atoms with van der Waals surface area (Å²) in [5.41, 5.74) is -1.28. The van der Waals surface area contributed by atoms with E-state index >= 15 is 0 Å². The fraction of sp³-hybridized carbons (Fsp3) is 0.615. The second kappa shape index (κ2) is 7.64. The summed E-state index contributed by atoms with van der Waals surface area (Å²) in [5.74, 6) is 0.627. The summed E-state index contributed by atoms with van der Waals surface area (Å²) < 4.78 is 32.9. The molecule has 1 amide bonds. The van der Waals surface area contributed by atoms with Crippen LogP contribution in [0.2, 0.25) is 0 Å². The van der Waals surface area contributed by atoms with Gasteiger partial charge in [-0.2, -0.15) is 0 Å². The molecule has 0 bridgehead atoms. The molecule has 0 fully saturated rings. The second-order valence-electron chi connectivity index (χ2n) is 4.36. The fourth-order valence-corrected chi connectivity index (χ4v) is 3.13. The van der Waals surface area contributed by atoms with Crippen molar-refractivity contribution in [1.29, 1.82) is 0 Å². The molecule has 2 unspecified atom stereocenters. The summed E-state index contributed by atoms with van der Waals surface area (Å²) in [5, 5.41) is 2.57. The third kappa shape index (κ3) is 5.53. The van der Waals surface area contributed by atoms with Crippen molar-refractivity contribution in [3.63, 3.8) is 0 Å². The Kier molecular flexibility index (Phi) is 6.45. The maximum absolute atomic E-state index is 12.3. The Hall–Kier alpha value is -1.30. The number of ether oxygens (including phenoxy) is 2. The van der Waals surface area contributed by atoms with Gasteiger partial charge in [-0.25, -0.2) is 4.79 Å². The van der Waals surface area contributed by atoms with Gasteiger partial charge in [0.1, 0.15) is 5.76 Å². The number of carbonyl (C=O) groups excluding carboxylic acids is 1. The summed E-state index contributed by atoms with van der Waals surface area (Å²) in [6.45, 7) is 5.23. The highest BCUT2D eigenvalue weighted by Gasteiger charge is 2.38. The molecule has 8 heteroatoms. The molecule has 1 aliphatic rings. The number of hydrogen-bond donors (Lipinski definition) is 1. The standard InChI is InChI=1S/C13H22NO6P/c1-5-18-12(15)14-13(20-21(4,16)19-6-2)9-7-11(17-3)8-10-13/h7-9H,5-6,10H2,1-4H3,(H,14,15). The van der Waals surface area contributed by atoms with Gasteiger partial charge in [0.05, 0.1) is 20.3 Å². The molecular formula is C13H22NO6P. The fourth-order valence-electron chi connectivity index (χ4n) is 1.84. The molecule has 120 valence electrons. The summed E-state index contributed by atoms with van der Waals surface area (Å²) in [7, 11) is -1.79. The molecule has 1 rings (SSSR count). The maximum Gasteiger partial charge on any atom is 0.409 e. The molecule has 0 saturated carbocycles. The summed E-state index contributed by atoms with van der Waals surface area (Å²) >= 11 is 0. The van der Waals surface area contributed by atoms with Gasteiger partial charge in [0, 0.05) is 13.1 Å². The van der Waals surface area contributed by atoms with Crippen LogP contribution in [0.5, 0.6) is 0 Å². The number of amides is 1. The number of alkyl carbamates (subject to hydrolysis) is 1. The van der Waals surface area contributed by atoms with Gasteiger partial charge in [-0.3, -0.25) is 14.4 Å². The highest BCUT2D eigenvalue weighted by Crippen LogP contribution is 2.49. The molecule has 21 heavy (non-hydrogen) atoms. The van der Waals surface area contributed by atoms with E-state index in [1.807, 2.05) is 0 Å². The zero-order valence-corrected chi connectivity index (χ0v) is 13.6. The van der Waals surface area contributed by atoms with Crippen molar-refractivity contribution in [2.24, 2.45) is 0 Å². The molecular weight excluding hydrogens is 297 g/mol. The van der Waals surface area contributed by atoms with Crippen LogP contribution in [0, 0.1) is 0 Å². The van der Waals surface area contributed by atoms with E-state index in [-0.39, 0.29) is 19.6 Å². The van der Waals surface area contributed by atoms with Crippen LogP contribution in [0.1, 0.15) is 20.3 Å². The van der Waals surface area contributed by atoms with Crippen LogP contribution in [-0.4, -0.2) is 38.8 Å². The lowest BCUT2D eigenvalue weighted by Gasteiger charge is -2.34. The summed E-state index contributed by atoms with van der Waals surface area (Å²) in [4.78, 5) is 11.7. The van der Waals surface area contributed by atoms with Crippen molar-refractivity contribution in [2.75, 3.05) is 27.0 Å². The van der Waals surface area contributed by atoms with E-state index < -0.39 is 19.4 Å². The summed E-state index contributed by atoms with van der Waals surface area (Å²) in [6.07, 6.45) is 4.50. The number of methoxy groups -OCH3 is 1. The van der Waals surface area contributed by atoms with Crippen molar-refractivity contribution in [3.05, 3.63) is 24.0 Å². The third-order valence-electron chi connectivity index (χ3n) is 2.64. The SMILES string of the molecule is CCOC(=O)NC1(OP(C)(=O)OCC)C=CC(OC)=CC1. The molecule has 0 saturated heterocycles. The molecule has 1 aliphatic carbocycles. The molecule has 0 radical (unpaired) electrons. The maximum atomic E-state index is 12.3. The number of nitrogens with one attached hydrogen (secondary N) is 1. The average molecular weight is 319 g/mol. The molecule has 2 atom stereocenters. The molecule has 7 nitrogen and oxygen atoms in total. The largest absolute Gasteiger partial charge is 0.497 e. The first-order valence-corrected chi connectivity index (χ1v) is 8.66. The first-order valence-electron chi connectivity index (χ1n) is 6.67. The van der Waals surface area contributed by atoms with Crippen molar-refractivity contribution in [1.82, 2.24) is 5.32 Å². The van der Waals surface area contributed by atoms with Gasteiger partial charge in [-0.15, -0.1) is 0 Å². The number of rotatable bonds is 7. The van der Waals surface area contributed by atoms with Crippen LogP contribution in [0.3, 0.4) is 0 Å². The minimum atomic E-state index is -3.32. The van der Waals surface area contributed by atoms with Gasteiger partial charge in [0.25, 0.3) is 0 Å². The Bertz CT molecular complexity index is 475. The minimum Gasteiger partial charge on any atom is -0.497 e. The number of allylic oxidation sites excluding steroid dienone is 1. The molecule has 0 heterocycles. The van der Waals surface area contributed by atoms with Gasteiger partial charge in [0.2, 0.25) is 0 Å². The Morgan fingerprint density at radius 1 is 1.43 bits per heavy atom. The highest BCUT2D eigenvalue weighted by atomic mass is 31.2. The Labute approximate surface area is 124 Å². The number of hydrogen-bond acceptors (Lipinski definition) is 6. The van der Waals surface area contributed by atoms with Gasteiger partial charge in [-0.1, -0.05) is 0 Å². The van der Waals surface area contributed by atoms with E-state index in [1.165, 1.54) is 13.8 Å². The Morgan fingerprint density at radius 2 is 2.14 bits per heavy atom. The third-order valence-corrected chi connectivity index (χ3v) is 4.03. The van der Waals surface area contributed by atoms with Crippen LogP contribution >= 0.6 is 7.60 Å². The lowest BCUT2D eigenvalue weighted by atomic mass is 10.0. The zero-order chi connectivity index (χ0) is 15.9. The predicted octanol–water partition coefficient (Wildman–Crippen LogP) is 2.80. The van der Waals surface area contributed by atoms with Crippen LogP contribution < -0.4 is 5.32 Å². The van der Waals surface area contributed by atoms with Gasteiger partial charge >= 0.3 is 13.7 Å². The van der Waals surface area contributed by atoms with Crippen LogP contribution in [-0.2, 0) is 23.1 Å². The monoisotopic (exact) mass is 319 g/mol. The Balaban J connectivity index is 2.91. The highest BCUT2D eigenvalue weighted by molar-refractivity contribution is 7.53. The average Bonchev–Trinajstić information content (AvgIpc) is 2.38. The van der Waals surface area contributed by atoms with Gasteiger partial charge < -0.3 is 14.0 Å². The lowest BCUT2D eigenvalue weighted by molar-refractivity contribution is 0.0515. The quantitative estimate of drug-likeness (QED) is 0.574. The van der Waals surface area contributed by atoms with E-state index in [0.717, 1.165) is 0 Å². The molecule has 0 aliphatic heterocycles. The number of carbonyl (C=O) groups is 1. The van der Waals surface area contributed by atoms with Gasteiger partial charge in [0.15, 0.2) is 5.72 Å². The molecule has 1 N–H and O–H groups in total. The summed E-state index contributed by atoms with van der Waals surface area (Å²) in [6, 6.07) is 0. The first-order chi connectivity index (χ1) is 9.86. The van der Waals surface area contributed by atoms with Crippen LogP contribution in [0.25, 0.3) is 0 Å². The smallest absolute Gasteiger partial charge is 0.409 e. The lowest BCUT2D eigenvalue weighted by Crippen LogP contribution is -2.49. The van der Waals surface area contributed by atoms with E-state index in [9.17, 15) is 9.36 Å². The molecule has 0 aromatic rings. The van der Waals surface area contributed by atoms with E-state index in [1.54, 1.807) is 32.1 Å². The minimum absolute atomic E-state index is 0.222. The normalized spacial score (nSPS) is 23.9. The van der Waals surface area contributed by atoms with Crippen molar-refractivity contribution >= 4 is 13.7 Å². The second-order valence-corrected chi connectivity index (χ2v) is 6.35. The van der Waals surface area contributed by atoms with E-state index in [2.05, 4.69) is 5.32 Å². The zero-order valence-electron chi connectivity index (χ0n) is 12.8. The molecule has 0 aromatic carbocycles. The van der Waals surface area contributed by atoms with Crippen LogP contribution in [0.4, 0.5) is 4.79 Å². The predicted molar refractivity (Wildman–Crippen MR) is 78.0 cm³/mol. The van der Waals surface area contributed by atoms with Crippen LogP contribution in [0.15, 0.2) is 24.0 Å². The Morgan fingerprint density at radius 3 is 2.62 bits per heavy atom.